The SMILES string of the molecule is Cc1ccc2c(C(=O)O)c(O)c(C(C)(C)c3ccc(Cl)cc3)nc2c1C. The van der Waals surface area contributed by atoms with E-state index < -0.39 is 11.4 Å². The minimum absolute atomic E-state index is 0.116. The van der Waals surface area contributed by atoms with Gasteiger partial charge in [0.25, 0.3) is 0 Å². The molecule has 26 heavy (non-hydrogen) atoms. The van der Waals surface area contributed by atoms with Gasteiger partial charge in [0.1, 0.15) is 5.56 Å². The number of nitrogens with zero attached hydrogens (tertiary/aromatic N) is 1. The van der Waals surface area contributed by atoms with Crippen LogP contribution >= 0.6 is 11.6 Å². The molecule has 5 heteroatoms. The Hall–Kier alpha value is -2.59. The third kappa shape index (κ3) is 2.80. The lowest BCUT2D eigenvalue weighted by Gasteiger charge is -2.27. The highest BCUT2D eigenvalue weighted by Gasteiger charge is 2.32. The van der Waals surface area contributed by atoms with Gasteiger partial charge in [0.15, 0.2) is 5.75 Å². The van der Waals surface area contributed by atoms with Crippen LogP contribution in [0.25, 0.3) is 10.9 Å². The van der Waals surface area contributed by atoms with Gasteiger partial charge in [-0.15, -0.1) is 0 Å². The molecule has 0 unspecified atom stereocenters. The Morgan fingerprint density at radius 2 is 1.69 bits per heavy atom. The van der Waals surface area contributed by atoms with Crippen molar-refractivity contribution < 1.29 is 15.0 Å². The van der Waals surface area contributed by atoms with Gasteiger partial charge < -0.3 is 10.2 Å². The average molecular weight is 370 g/mol. The summed E-state index contributed by atoms with van der Waals surface area (Å²) >= 11 is 5.98. The van der Waals surface area contributed by atoms with Crippen LogP contribution in [0.15, 0.2) is 36.4 Å². The quantitative estimate of drug-likeness (QED) is 0.662. The lowest BCUT2D eigenvalue weighted by molar-refractivity contribution is 0.0695. The van der Waals surface area contributed by atoms with Crippen LogP contribution in [-0.4, -0.2) is 21.2 Å². The van der Waals surface area contributed by atoms with Crippen LogP contribution in [0.2, 0.25) is 5.02 Å². The zero-order valence-electron chi connectivity index (χ0n) is 15.1. The van der Waals surface area contributed by atoms with E-state index in [1.165, 1.54) is 0 Å². The summed E-state index contributed by atoms with van der Waals surface area (Å²) in [6.07, 6.45) is 0. The third-order valence-electron chi connectivity index (χ3n) is 5.03. The number of carboxylic acids is 1. The molecule has 0 amide bonds. The molecule has 0 aliphatic rings. The largest absolute Gasteiger partial charge is 0.505 e. The summed E-state index contributed by atoms with van der Waals surface area (Å²) in [6, 6.07) is 10.8. The monoisotopic (exact) mass is 369 g/mol. The number of carboxylic acid groups (broad SMARTS) is 1. The molecule has 0 fully saturated rings. The summed E-state index contributed by atoms with van der Waals surface area (Å²) in [5, 5.41) is 21.6. The van der Waals surface area contributed by atoms with Gasteiger partial charge in [0.2, 0.25) is 0 Å². The molecule has 0 atom stereocenters. The maximum atomic E-state index is 11.9. The average Bonchev–Trinajstić information content (AvgIpc) is 2.57. The summed E-state index contributed by atoms with van der Waals surface area (Å²) in [5.41, 5.74) is 2.90. The second-order valence-electron chi connectivity index (χ2n) is 7.02. The van der Waals surface area contributed by atoms with Gasteiger partial charge in [-0.25, -0.2) is 9.78 Å². The lowest BCUT2D eigenvalue weighted by atomic mass is 9.79. The number of aromatic nitrogens is 1. The van der Waals surface area contributed by atoms with Gasteiger partial charge >= 0.3 is 5.97 Å². The zero-order valence-corrected chi connectivity index (χ0v) is 15.8. The van der Waals surface area contributed by atoms with Gasteiger partial charge in [-0.05, 0) is 42.7 Å². The van der Waals surface area contributed by atoms with Crippen molar-refractivity contribution >= 4 is 28.5 Å². The van der Waals surface area contributed by atoms with E-state index in [0.717, 1.165) is 16.7 Å². The molecular weight excluding hydrogens is 350 g/mol. The Balaban J connectivity index is 2.39. The Bertz CT molecular complexity index is 1020. The molecule has 2 N–H and O–H groups in total. The molecule has 1 aromatic heterocycles. The fraction of sp³-hybridized carbons (Fsp3) is 0.238. The minimum Gasteiger partial charge on any atom is -0.505 e. The molecular formula is C21H20ClNO3. The second-order valence-corrected chi connectivity index (χ2v) is 7.46. The summed E-state index contributed by atoms with van der Waals surface area (Å²) < 4.78 is 0. The number of aromatic hydroxyl groups is 1. The van der Waals surface area contributed by atoms with Gasteiger partial charge in [0.05, 0.1) is 11.2 Å². The van der Waals surface area contributed by atoms with Crippen molar-refractivity contribution in [2.24, 2.45) is 0 Å². The molecule has 1 heterocycles. The van der Waals surface area contributed by atoms with Crippen molar-refractivity contribution in [1.82, 2.24) is 4.98 Å². The fourth-order valence-electron chi connectivity index (χ4n) is 3.21. The van der Waals surface area contributed by atoms with Crippen LogP contribution in [0.5, 0.6) is 5.75 Å². The Morgan fingerprint density at radius 3 is 2.27 bits per heavy atom. The van der Waals surface area contributed by atoms with Crippen LogP contribution < -0.4 is 0 Å². The number of carbonyl (C=O) groups is 1. The topological polar surface area (TPSA) is 70.4 Å². The highest BCUT2D eigenvalue weighted by atomic mass is 35.5. The summed E-state index contributed by atoms with van der Waals surface area (Å²) in [5.74, 6) is -1.47. The van der Waals surface area contributed by atoms with Crippen molar-refractivity contribution in [1.29, 1.82) is 0 Å². The van der Waals surface area contributed by atoms with Crippen LogP contribution in [0.3, 0.4) is 0 Å². The zero-order chi connectivity index (χ0) is 19.2. The van der Waals surface area contributed by atoms with Gasteiger partial charge in [-0.2, -0.15) is 0 Å². The molecule has 0 saturated carbocycles. The fourth-order valence-corrected chi connectivity index (χ4v) is 3.34. The van der Waals surface area contributed by atoms with E-state index in [2.05, 4.69) is 0 Å². The van der Waals surface area contributed by atoms with Crippen molar-refractivity contribution in [3.63, 3.8) is 0 Å². The molecule has 0 aliphatic carbocycles. The molecule has 3 aromatic rings. The van der Waals surface area contributed by atoms with E-state index in [1.807, 2.05) is 45.9 Å². The van der Waals surface area contributed by atoms with Crippen molar-refractivity contribution in [2.45, 2.75) is 33.1 Å². The van der Waals surface area contributed by atoms with Crippen molar-refractivity contribution in [3.05, 3.63) is 69.4 Å². The number of rotatable bonds is 3. The van der Waals surface area contributed by atoms with Crippen LogP contribution in [0.1, 0.15) is 46.6 Å². The highest BCUT2D eigenvalue weighted by molar-refractivity contribution is 6.30. The predicted octanol–water partition coefficient (Wildman–Crippen LogP) is 5.23. The minimum atomic E-state index is -1.17. The first-order valence-electron chi connectivity index (χ1n) is 8.27. The highest BCUT2D eigenvalue weighted by Crippen LogP contribution is 2.40. The van der Waals surface area contributed by atoms with E-state index in [-0.39, 0.29) is 11.3 Å². The van der Waals surface area contributed by atoms with Crippen LogP contribution in [0, 0.1) is 13.8 Å². The number of aryl methyl sites for hydroxylation is 2. The van der Waals surface area contributed by atoms with E-state index in [1.54, 1.807) is 18.2 Å². The standard InChI is InChI=1S/C21H20ClNO3/c1-11-5-10-15-16(20(25)26)18(24)19(23-17(15)12(11)2)21(3,4)13-6-8-14(22)9-7-13/h5-10,24H,1-4H3,(H,25,26). The van der Waals surface area contributed by atoms with E-state index in [0.29, 0.717) is 21.6 Å². The Labute approximate surface area is 157 Å². The smallest absolute Gasteiger partial charge is 0.340 e. The molecule has 0 saturated heterocycles. The van der Waals surface area contributed by atoms with Crippen LogP contribution in [-0.2, 0) is 5.41 Å². The first kappa shape index (κ1) is 18.2. The molecule has 0 bridgehead atoms. The normalized spacial score (nSPS) is 11.7. The number of aromatic carboxylic acids is 1. The first-order chi connectivity index (χ1) is 12.1. The maximum absolute atomic E-state index is 11.9. The molecule has 2 aromatic carbocycles. The third-order valence-corrected chi connectivity index (χ3v) is 5.28. The van der Waals surface area contributed by atoms with Crippen molar-refractivity contribution in [3.8, 4) is 5.75 Å². The number of benzene rings is 2. The number of fused-ring (bicyclic) bond motifs is 1. The Morgan fingerprint density at radius 1 is 1.08 bits per heavy atom. The number of hydrogen-bond acceptors (Lipinski definition) is 3. The number of halogens is 1. The van der Waals surface area contributed by atoms with Gasteiger partial charge in [0, 0.05) is 15.8 Å². The lowest BCUT2D eigenvalue weighted by Crippen LogP contribution is -2.22. The maximum Gasteiger partial charge on any atom is 0.340 e. The molecule has 3 rings (SSSR count). The van der Waals surface area contributed by atoms with Crippen LogP contribution in [0.4, 0.5) is 0 Å². The van der Waals surface area contributed by atoms with Gasteiger partial charge in [-0.1, -0.05) is 49.7 Å². The van der Waals surface area contributed by atoms with E-state index in [9.17, 15) is 15.0 Å². The second kappa shape index (κ2) is 6.29. The molecule has 0 radical (unpaired) electrons. The molecule has 134 valence electrons. The molecule has 0 spiro atoms. The predicted molar refractivity (Wildman–Crippen MR) is 103 cm³/mol. The van der Waals surface area contributed by atoms with Gasteiger partial charge in [-0.3, -0.25) is 0 Å². The van der Waals surface area contributed by atoms with E-state index >= 15 is 0 Å². The summed E-state index contributed by atoms with van der Waals surface area (Å²) in [4.78, 5) is 16.6. The summed E-state index contributed by atoms with van der Waals surface area (Å²) in [7, 11) is 0. The first-order valence-corrected chi connectivity index (χ1v) is 8.65. The number of hydrogen-bond donors (Lipinski definition) is 2. The Kier molecular flexibility index (Phi) is 4.41. The molecule has 4 nitrogen and oxygen atoms in total. The number of pyridine rings is 1. The van der Waals surface area contributed by atoms with E-state index in [4.69, 9.17) is 16.6 Å². The molecule has 0 aliphatic heterocycles. The summed E-state index contributed by atoms with van der Waals surface area (Å²) in [6.45, 7) is 7.67. The van der Waals surface area contributed by atoms with Crippen molar-refractivity contribution in [2.75, 3.05) is 0 Å².